The Bertz CT molecular complexity index is 1480. The number of hydrogen-bond acceptors (Lipinski definition) is 3. The molecule has 3 nitrogen and oxygen atoms in total. The molecule has 0 aliphatic carbocycles. The molecule has 39 heavy (non-hydrogen) atoms. The van der Waals surface area contributed by atoms with Gasteiger partial charge < -0.3 is 0 Å². The van der Waals surface area contributed by atoms with Crippen LogP contribution in [0.5, 0.6) is 11.5 Å². The first-order valence-corrected chi connectivity index (χ1v) is 14.9. The van der Waals surface area contributed by atoms with Crippen LogP contribution in [0.15, 0.2) is 95.6 Å². The molecule has 0 bridgehead atoms. The predicted molar refractivity (Wildman–Crippen MR) is 165 cm³/mol. The summed E-state index contributed by atoms with van der Waals surface area (Å²) in [4.78, 5) is 0. The third-order valence-corrected chi connectivity index (χ3v) is 8.70. The first-order valence-electron chi connectivity index (χ1n) is 12.8. The molecule has 1 aromatic heterocycles. The van der Waals surface area contributed by atoms with E-state index >= 15 is 0 Å². The van der Waals surface area contributed by atoms with Crippen LogP contribution >= 0.6 is 24.8 Å². The van der Waals surface area contributed by atoms with Gasteiger partial charge in [0.15, 0.2) is 0 Å². The average Bonchev–Trinajstić information content (AvgIpc) is 3.35. The second-order valence-corrected chi connectivity index (χ2v) is 13.6. The molecule has 0 atom stereocenters. The quantitative estimate of drug-likeness (QED) is 0.189. The van der Waals surface area contributed by atoms with Gasteiger partial charge in [-0.05, 0) is 0 Å². The molecule has 4 aromatic carbocycles. The number of fused-ring (bicyclic) bond motifs is 2. The van der Waals surface area contributed by atoms with Crippen molar-refractivity contribution in [3.05, 3.63) is 108 Å². The van der Waals surface area contributed by atoms with Gasteiger partial charge in [0.2, 0.25) is 0 Å². The molecule has 0 amide bonds. The van der Waals surface area contributed by atoms with Crippen molar-refractivity contribution in [2.45, 2.75) is 52.4 Å². The third-order valence-electron chi connectivity index (χ3n) is 6.57. The summed E-state index contributed by atoms with van der Waals surface area (Å²) >= 11 is -2.81. The molecule has 6 heteroatoms. The summed E-state index contributed by atoms with van der Waals surface area (Å²) < 4.78 is 21.4. The summed E-state index contributed by atoms with van der Waals surface area (Å²) in [7, 11) is 0. The topological polar surface area (TPSA) is 31.6 Å². The van der Waals surface area contributed by atoms with Crippen LogP contribution in [0.2, 0.25) is 0 Å². The van der Waals surface area contributed by atoms with Gasteiger partial charge in [0.05, 0.1) is 0 Å². The van der Waals surface area contributed by atoms with E-state index in [1.807, 2.05) is 12.1 Å². The molecule has 0 aliphatic rings. The number of benzene rings is 4. The van der Waals surface area contributed by atoms with E-state index in [9.17, 15) is 0 Å². The van der Waals surface area contributed by atoms with E-state index in [4.69, 9.17) is 11.1 Å². The van der Waals surface area contributed by atoms with E-state index in [0.29, 0.717) is 0 Å². The fourth-order valence-electron chi connectivity index (χ4n) is 4.82. The third kappa shape index (κ3) is 6.78. The summed E-state index contributed by atoms with van der Waals surface area (Å²) in [6, 6.07) is 29.3. The molecular formula is C33H36Cl2O3Ti. The van der Waals surface area contributed by atoms with E-state index in [1.54, 1.807) is 6.26 Å². The molecule has 0 saturated carbocycles. The normalized spacial score (nSPS) is 11.4. The maximum atomic E-state index is 6.84. The van der Waals surface area contributed by atoms with Crippen molar-refractivity contribution in [3.63, 3.8) is 0 Å². The molecule has 0 N–H and O–H groups in total. The van der Waals surface area contributed by atoms with Crippen LogP contribution in [0.3, 0.4) is 0 Å². The Balaban J connectivity index is 0.00000210. The molecule has 0 saturated heterocycles. The monoisotopic (exact) mass is 598 g/mol. The van der Waals surface area contributed by atoms with Gasteiger partial charge in [-0.25, -0.2) is 0 Å². The Hall–Kier alpha value is -2.56. The van der Waals surface area contributed by atoms with Crippen molar-refractivity contribution in [2.24, 2.45) is 0 Å². The summed E-state index contributed by atoms with van der Waals surface area (Å²) in [5.74, 6) is 2.48. The van der Waals surface area contributed by atoms with Crippen molar-refractivity contribution < 1.29 is 29.2 Å². The Morgan fingerprint density at radius 2 is 1.03 bits per heavy atom. The molecule has 0 aliphatic heterocycles. The summed E-state index contributed by atoms with van der Waals surface area (Å²) in [5.41, 5.74) is 2.47. The van der Waals surface area contributed by atoms with Gasteiger partial charge >= 0.3 is 227 Å². The second-order valence-electron chi connectivity index (χ2n) is 11.5. The number of furan rings is 1. The van der Waals surface area contributed by atoms with Crippen LogP contribution in [0.25, 0.3) is 21.5 Å². The van der Waals surface area contributed by atoms with Crippen molar-refractivity contribution in [1.82, 2.24) is 0 Å². The van der Waals surface area contributed by atoms with Gasteiger partial charge in [0, 0.05) is 0 Å². The molecular weight excluding hydrogens is 563 g/mol. The number of halogens is 2. The zero-order valence-corrected chi connectivity index (χ0v) is 26.5. The smallest absolute Gasteiger partial charge is 0.147 e. The van der Waals surface area contributed by atoms with Crippen molar-refractivity contribution in [3.8, 4) is 11.5 Å². The van der Waals surface area contributed by atoms with Gasteiger partial charge in [0.25, 0.3) is 0 Å². The summed E-state index contributed by atoms with van der Waals surface area (Å²) in [6.07, 6.45) is 1.69. The Morgan fingerprint density at radius 3 is 1.41 bits per heavy atom. The molecule has 5 aromatic rings. The number of rotatable bonds is 5. The zero-order chi connectivity index (χ0) is 26.2. The average molecular weight is 599 g/mol. The molecule has 0 spiro atoms. The van der Waals surface area contributed by atoms with Gasteiger partial charge in [-0.2, -0.15) is 0 Å². The first-order chi connectivity index (χ1) is 17.6. The van der Waals surface area contributed by atoms with Crippen molar-refractivity contribution in [2.75, 3.05) is 0 Å². The SMILES string of the molecule is CC(C)(C)c1cccc2cccc([O][Ti](=[CH]c3ccco3)[O]c3cccc4cccc(C(C)(C)C)c34)c12.Cl.Cl. The van der Waals surface area contributed by atoms with Crippen LogP contribution in [0.4, 0.5) is 0 Å². The molecule has 5 rings (SSSR count). The Morgan fingerprint density at radius 1 is 0.590 bits per heavy atom. The summed E-state index contributed by atoms with van der Waals surface area (Å²) in [5, 5.41) is 4.63. The van der Waals surface area contributed by atoms with E-state index in [1.165, 1.54) is 21.9 Å². The predicted octanol–water partition coefficient (Wildman–Crippen LogP) is 9.78. The minimum absolute atomic E-state index is 0. The van der Waals surface area contributed by atoms with Gasteiger partial charge in [0.1, 0.15) is 0 Å². The zero-order valence-electron chi connectivity index (χ0n) is 23.3. The largest absolute Gasteiger partial charge is 0.147 e. The maximum Gasteiger partial charge on any atom is -0.147 e. The van der Waals surface area contributed by atoms with E-state index in [0.717, 1.165) is 28.0 Å². The first kappa shape index (κ1) is 31.0. The van der Waals surface area contributed by atoms with Gasteiger partial charge in [-0.3, -0.25) is 0 Å². The van der Waals surface area contributed by atoms with Crippen LogP contribution in [-0.2, 0) is 29.0 Å². The van der Waals surface area contributed by atoms with E-state index in [2.05, 4.69) is 119 Å². The standard InChI is InChI=1S/2C14H16O.C5H4O.2ClH.Ti/c2*1-14(2,3)11-8-4-6-10-7-5-9-12(15)13(10)11;1-5-3-2-4-6-5;;;/h2*4-9,15H,1-3H3;1-4H;2*1H;/q;;;;;+2/p-2. The molecule has 204 valence electrons. The van der Waals surface area contributed by atoms with Crippen molar-refractivity contribution >= 4 is 50.7 Å². The van der Waals surface area contributed by atoms with Crippen LogP contribution in [0.1, 0.15) is 58.4 Å². The van der Waals surface area contributed by atoms with E-state index in [-0.39, 0.29) is 35.6 Å². The Kier molecular flexibility index (Phi) is 9.78. The molecule has 1 heterocycles. The van der Waals surface area contributed by atoms with Gasteiger partial charge in [-0.15, -0.1) is 24.8 Å². The molecule has 0 unspecified atom stereocenters. The molecule has 0 fully saturated rings. The minimum atomic E-state index is -2.81. The van der Waals surface area contributed by atoms with Crippen LogP contribution < -0.4 is 6.64 Å². The fraction of sp³-hybridized carbons (Fsp3) is 0.242. The van der Waals surface area contributed by atoms with Crippen molar-refractivity contribution in [1.29, 1.82) is 0 Å². The Labute approximate surface area is 250 Å². The minimum Gasteiger partial charge on any atom is -0.147 e. The van der Waals surface area contributed by atoms with E-state index < -0.39 is 18.2 Å². The molecule has 0 radical (unpaired) electrons. The second kappa shape index (κ2) is 12.3. The summed E-state index contributed by atoms with van der Waals surface area (Å²) in [6.45, 7) is 13.4. The van der Waals surface area contributed by atoms with Crippen LogP contribution in [0, 0.1) is 0 Å². The van der Waals surface area contributed by atoms with Crippen LogP contribution in [-0.4, -0.2) is 4.31 Å². The number of hydrogen-bond donors (Lipinski definition) is 0. The fourth-order valence-corrected chi connectivity index (χ4v) is 6.90. The maximum absolute atomic E-state index is 6.84. The van der Waals surface area contributed by atoms with Gasteiger partial charge in [-0.1, -0.05) is 0 Å².